The summed E-state index contributed by atoms with van der Waals surface area (Å²) in [5.41, 5.74) is 0.689. The van der Waals surface area contributed by atoms with Crippen molar-refractivity contribution in [3.8, 4) is 5.75 Å². The number of nitrogens with zero attached hydrogens (tertiary/aromatic N) is 3. The maximum atomic E-state index is 12.3. The van der Waals surface area contributed by atoms with E-state index in [4.69, 9.17) is 4.74 Å². The third-order valence-electron chi connectivity index (χ3n) is 4.13. The van der Waals surface area contributed by atoms with Crippen molar-refractivity contribution in [2.24, 2.45) is 0 Å². The Morgan fingerprint density at radius 3 is 2.74 bits per heavy atom. The zero-order valence-electron chi connectivity index (χ0n) is 15.9. The van der Waals surface area contributed by atoms with Gasteiger partial charge in [-0.15, -0.1) is 0 Å². The quantitative estimate of drug-likeness (QED) is 0.613. The molecule has 0 fully saturated rings. The van der Waals surface area contributed by atoms with Gasteiger partial charge in [0.15, 0.2) is 0 Å². The molecule has 1 N–H and O–H groups in total. The van der Waals surface area contributed by atoms with E-state index in [0.29, 0.717) is 24.3 Å². The van der Waals surface area contributed by atoms with Gasteiger partial charge >= 0.3 is 0 Å². The van der Waals surface area contributed by atoms with Crippen LogP contribution in [0.3, 0.4) is 0 Å². The summed E-state index contributed by atoms with van der Waals surface area (Å²) in [5.74, 6) is 0.490. The molecule has 1 heterocycles. The maximum Gasteiger partial charge on any atom is 0.242 e. The second-order valence-electron chi connectivity index (χ2n) is 6.27. The predicted molar refractivity (Wildman–Crippen MR) is 102 cm³/mol. The predicted octanol–water partition coefficient (Wildman–Crippen LogP) is 1.28. The summed E-state index contributed by atoms with van der Waals surface area (Å²) < 4.78 is 33.0. The molecule has 1 aromatic heterocycles. The van der Waals surface area contributed by atoms with Crippen LogP contribution in [0, 0.1) is 0 Å². The molecule has 0 saturated carbocycles. The third kappa shape index (κ3) is 5.80. The highest BCUT2D eigenvalue weighted by molar-refractivity contribution is 7.89. The van der Waals surface area contributed by atoms with Crippen molar-refractivity contribution in [2.45, 2.75) is 30.7 Å². The number of amides is 1. The summed E-state index contributed by atoms with van der Waals surface area (Å²) >= 11 is 0. The first-order valence-corrected chi connectivity index (χ1v) is 10.1. The number of benzene rings is 1. The fourth-order valence-corrected chi connectivity index (χ4v) is 3.52. The Bertz CT molecular complexity index is 848. The van der Waals surface area contributed by atoms with Crippen LogP contribution in [0.2, 0.25) is 0 Å². The molecule has 0 aliphatic carbocycles. The molecule has 9 heteroatoms. The molecule has 2 aromatic rings. The fraction of sp³-hybridized carbons (Fsp3) is 0.444. The number of imidazole rings is 1. The van der Waals surface area contributed by atoms with Crippen LogP contribution in [-0.2, 0) is 27.8 Å². The molecule has 0 aliphatic rings. The van der Waals surface area contributed by atoms with Crippen LogP contribution in [-0.4, -0.2) is 55.9 Å². The van der Waals surface area contributed by atoms with Gasteiger partial charge < -0.3 is 14.6 Å². The second-order valence-corrected chi connectivity index (χ2v) is 8.42. The maximum absolute atomic E-state index is 12.3. The molecule has 0 aliphatic heterocycles. The number of hydrogen-bond acceptors (Lipinski definition) is 5. The van der Waals surface area contributed by atoms with Crippen LogP contribution >= 0.6 is 0 Å². The minimum absolute atomic E-state index is 0.0800. The lowest BCUT2D eigenvalue weighted by atomic mass is 10.1. The SMILES string of the molecule is COc1ccc(S(=O)(=O)N(C)C)cc1CCC(=O)NCCCn1ccnc1. The van der Waals surface area contributed by atoms with Crippen LogP contribution in [0.1, 0.15) is 18.4 Å². The number of sulfonamides is 1. The number of carbonyl (C=O) groups excluding carboxylic acids is 1. The van der Waals surface area contributed by atoms with Gasteiger partial charge in [-0.25, -0.2) is 17.7 Å². The zero-order valence-corrected chi connectivity index (χ0v) is 16.7. The Balaban J connectivity index is 1.90. The fourth-order valence-electron chi connectivity index (χ4n) is 2.57. The molecule has 0 unspecified atom stereocenters. The molecule has 0 saturated heterocycles. The summed E-state index contributed by atoms with van der Waals surface area (Å²) in [7, 11) is 0.956. The third-order valence-corrected chi connectivity index (χ3v) is 5.94. The highest BCUT2D eigenvalue weighted by Gasteiger charge is 2.19. The lowest BCUT2D eigenvalue weighted by Crippen LogP contribution is -2.25. The molecule has 27 heavy (non-hydrogen) atoms. The Morgan fingerprint density at radius 1 is 1.33 bits per heavy atom. The van der Waals surface area contributed by atoms with Crippen molar-refractivity contribution in [3.05, 3.63) is 42.5 Å². The number of aromatic nitrogens is 2. The number of carbonyl (C=O) groups is 1. The summed E-state index contributed by atoms with van der Waals surface area (Å²) in [4.78, 5) is 16.2. The standard InChI is InChI=1S/C18H26N4O4S/c1-21(2)27(24,25)16-6-7-17(26-3)15(13-16)5-8-18(23)20-9-4-11-22-12-10-19-14-22/h6-7,10,12-14H,4-5,8-9,11H2,1-3H3,(H,20,23). The molecule has 8 nitrogen and oxygen atoms in total. The number of nitrogens with one attached hydrogen (secondary N) is 1. The Labute approximate surface area is 160 Å². The molecule has 0 atom stereocenters. The topological polar surface area (TPSA) is 93.5 Å². The highest BCUT2D eigenvalue weighted by atomic mass is 32.2. The van der Waals surface area contributed by atoms with Gasteiger partial charge in [-0.1, -0.05) is 0 Å². The molecular formula is C18H26N4O4S. The van der Waals surface area contributed by atoms with Gasteiger partial charge in [-0.3, -0.25) is 4.79 Å². The lowest BCUT2D eigenvalue weighted by Gasteiger charge is -2.14. The summed E-state index contributed by atoms with van der Waals surface area (Å²) in [6, 6.07) is 4.70. The molecule has 0 bridgehead atoms. The molecular weight excluding hydrogens is 368 g/mol. The van der Waals surface area contributed by atoms with Crippen molar-refractivity contribution < 1.29 is 17.9 Å². The number of rotatable bonds is 10. The van der Waals surface area contributed by atoms with Gasteiger partial charge in [0.1, 0.15) is 5.75 Å². The first-order valence-electron chi connectivity index (χ1n) is 8.66. The van der Waals surface area contributed by atoms with E-state index in [-0.39, 0.29) is 17.2 Å². The largest absolute Gasteiger partial charge is 0.496 e. The van der Waals surface area contributed by atoms with Crippen molar-refractivity contribution in [1.82, 2.24) is 19.2 Å². The van der Waals surface area contributed by atoms with Crippen LogP contribution in [0.5, 0.6) is 5.75 Å². The van der Waals surface area contributed by atoms with E-state index in [1.165, 1.54) is 27.3 Å². The second kappa shape index (κ2) is 9.52. The number of ether oxygens (including phenoxy) is 1. The monoisotopic (exact) mass is 394 g/mol. The smallest absolute Gasteiger partial charge is 0.242 e. The molecule has 2 rings (SSSR count). The first-order chi connectivity index (χ1) is 12.8. The van der Waals surface area contributed by atoms with Crippen molar-refractivity contribution in [2.75, 3.05) is 27.7 Å². The van der Waals surface area contributed by atoms with E-state index < -0.39 is 10.0 Å². The summed E-state index contributed by atoms with van der Waals surface area (Å²) in [6.45, 7) is 1.36. The molecule has 1 aromatic carbocycles. The zero-order chi connectivity index (χ0) is 19.9. The Morgan fingerprint density at radius 2 is 2.11 bits per heavy atom. The molecule has 0 radical (unpaired) electrons. The molecule has 1 amide bonds. The van der Waals surface area contributed by atoms with Crippen molar-refractivity contribution in [3.63, 3.8) is 0 Å². The van der Waals surface area contributed by atoms with Gasteiger partial charge in [0.05, 0.1) is 18.3 Å². The van der Waals surface area contributed by atoms with E-state index in [2.05, 4.69) is 10.3 Å². The molecule has 148 valence electrons. The Kier molecular flexibility index (Phi) is 7.37. The van der Waals surface area contributed by atoms with Crippen LogP contribution in [0.25, 0.3) is 0 Å². The Hall–Kier alpha value is -2.39. The normalized spacial score (nSPS) is 11.6. The van der Waals surface area contributed by atoms with E-state index >= 15 is 0 Å². The minimum Gasteiger partial charge on any atom is -0.496 e. The van der Waals surface area contributed by atoms with Gasteiger partial charge in [0, 0.05) is 46.0 Å². The highest BCUT2D eigenvalue weighted by Crippen LogP contribution is 2.25. The first kappa shape index (κ1) is 20.9. The van der Waals surface area contributed by atoms with E-state index in [1.54, 1.807) is 24.7 Å². The number of aryl methyl sites for hydroxylation is 2. The van der Waals surface area contributed by atoms with E-state index in [0.717, 1.165) is 17.3 Å². The van der Waals surface area contributed by atoms with Gasteiger partial charge in [0.25, 0.3) is 0 Å². The minimum atomic E-state index is -3.53. The summed E-state index contributed by atoms with van der Waals surface area (Å²) in [6.07, 6.45) is 6.80. The van der Waals surface area contributed by atoms with E-state index in [1.807, 2.05) is 10.8 Å². The van der Waals surface area contributed by atoms with Crippen molar-refractivity contribution >= 4 is 15.9 Å². The lowest BCUT2D eigenvalue weighted by molar-refractivity contribution is -0.121. The average molecular weight is 394 g/mol. The van der Waals surface area contributed by atoms with E-state index in [9.17, 15) is 13.2 Å². The molecule has 0 spiro atoms. The van der Waals surface area contributed by atoms with Gasteiger partial charge in [0.2, 0.25) is 15.9 Å². The van der Waals surface area contributed by atoms with Crippen LogP contribution < -0.4 is 10.1 Å². The summed E-state index contributed by atoms with van der Waals surface area (Å²) in [5, 5.41) is 2.88. The van der Waals surface area contributed by atoms with Crippen LogP contribution in [0.15, 0.2) is 41.8 Å². The van der Waals surface area contributed by atoms with Gasteiger partial charge in [-0.2, -0.15) is 0 Å². The van der Waals surface area contributed by atoms with Crippen molar-refractivity contribution in [1.29, 1.82) is 0 Å². The number of methoxy groups -OCH3 is 1. The van der Waals surface area contributed by atoms with Crippen LogP contribution in [0.4, 0.5) is 0 Å². The average Bonchev–Trinajstić information content (AvgIpc) is 3.16. The number of hydrogen-bond donors (Lipinski definition) is 1. The van der Waals surface area contributed by atoms with Gasteiger partial charge in [-0.05, 0) is 36.6 Å².